The molecule has 0 saturated heterocycles. The van der Waals surface area contributed by atoms with Crippen molar-refractivity contribution in [2.45, 2.75) is 50.5 Å². The average molecular weight is 477 g/mol. The SMILES string of the molecule is O=C(O)CC(CNC(=O)CC(NC(=O)OCC1c2ccccc2-c2ccccc21)C1CC1)C1CC1. The van der Waals surface area contributed by atoms with Gasteiger partial charge >= 0.3 is 12.1 Å². The van der Waals surface area contributed by atoms with E-state index in [1.807, 2.05) is 24.3 Å². The van der Waals surface area contributed by atoms with Crippen LogP contribution in [0.1, 0.15) is 55.6 Å². The lowest BCUT2D eigenvalue weighted by atomic mass is 9.98. The third-order valence-electron chi connectivity index (χ3n) is 7.53. The Balaban J connectivity index is 1.14. The maximum Gasteiger partial charge on any atom is 0.407 e. The van der Waals surface area contributed by atoms with Crippen LogP contribution in [0.4, 0.5) is 4.79 Å². The Morgan fingerprint density at radius 1 is 0.886 bits per heavy atom. The molecule has 2 amide bonds. The number of carboxylic acid groups (broad SMARTS) is 1. The quantitative estimate of drug-likeness (QED) is 0.448. The zero-order valence-electron chi connectivity index (χ0n) is 19.7. The first-order valence-corrected chi connectivity index (χ1v) is 12.6. The highest BCUT2D eigenvalue weighted by atomic mass is 16.5. The molecule has 35 heavy (non-hydrogen) atoms. The third-order valence-corrected chi connectivity index (χ3v) is 7.53. The van der Waals surface area contributed by atoms with Crippen LogP contribution < -0.4 is 10.6 Å². The van der Waals surface area contributed by atoms with E-state index >= 15 is 0 Å². The van der Waals surface area contributed by atoms with E-state index in [4.69, 9.17) is 9.84 Å². The van der Waals surface area contributed by atoms with Crippen LogP contribution in [0, 0.1) is 17.8 Å². The first-order chi connectivity index (χ1) is 17.0. The van der Waals surface area contributed by atoms with E-state index in [-0.39, 0.29) is 49.2 Å². The smallest absolute Gasteiger partial charge is 0.407 e. The van der Waals surface area contributed by atoms with Crippen molar-refractivity contribution in [2.24, 2.45) is 17.8 Å². The fraction of sp³-hybridized carbons (Fsp3) is 0.464. The van der Waals surface area contributed by atoms with Crippen LogP contribution in [-0.2, 0) is 14.3 Å². The van der Waals surface area contributed by atoms with Crippen LogP contribution in [-0.4, -0.2) is 42.3 Å². The zero-order chi connectivity index (χ0) is 24.4. The number of aliphatic carboxylic acids is 1. The normalized spacial score (nSPS) is 18.2. The lowest BCUT2D eigenvalue weighted by molar-refractivity contribution is -0.138. The van der Waals surface area contributed by atoms with Gasteiger partial charge in [-0.25, -0.2) is 4.79 Å². The third kappa shape index (κ3) is 5.66. The van der Waals surface area contributed by atoms with Crippen LogP contribution >= 0.6 is 0 Å². The monoisotopic (exact) mass is 476 g/mol. The summed E-state index contributed by atoms with van der Waals surface area (Å²) in [7, 11) is 0. The molecule has 2 atom stereocenters. The molecule has 3 N–H and O–H groups in total. The minimum Gasteiger partial charge on any atom is -0.481 e. The van der Waals surface area contributed by atoms with Crippen LogP contribution in [0.25, 0.3) is 11.1 Å². The van der Waals surface area contributed by atoms with Gasteiger partial charge in [0.15, 0.2) is 0 Å². The van der Waals surface area contributed by atoms with E-state index < -0.39 is 12.1 Å². The number of hydrogen-bond donors (Lipinski definition) is 3. The Labute approximate surface area is 205 Å². The van der Waals surface area contributed by atoms with E-state index in [1.165, 1.54) is 11.1 Å². The Hall–Kier alpha value is -3.35. The standard InChI is InChI=1S/C28H32N2O5/c31-26(29-15-19(13-27(32)33)17-9-10-17)14-25(18-11-12-18)30-28(34)35-16-24-22-7-3-1-5-20(22)21-6-2-4-8-23(21)24/h1-8,17-19,24-25H,9-16H2,(H,29,31)(H,30,34)(H,32,33). The molecule has 7 nitrogen and oxygen atoms in total. The van der Waals surface area contributed by atoms with Crippen molar-refractivity contribution in [3.05, 3.63) is 59.7 Å². The summed E-state index contributed by atoms with van der Waals surface area (Å²) in [6.45, 7) is 0.611. The van der Waals surface area contributed by atoms with Gasteiger partial charge in [-0.2, -0.15) is 0 Å². The predicted octanol–water partition coefficient (Wildman–Crippen LogP) is 4.31. The molecule has 2 aromatic carbocycles. The molecule has 184 valence electrons. The number of amides is 2. The molecule has 2 fully saturated rings. The molecule has 3 aliphatic rings. The summed E-state index contributed by atoms with van der Waals surface area (Å²) in [5.41, 5.74) is 4.67. The van der Waals surface area contributed by atoms with Crippen LogP contribution in [0.2, 0.25) is 0 Å². The highest BCUT2D eigenvalue weighted by Crippen LogP contribution is 2.44. The number of hydrogen-bond acceptors (Lipinski definition) is 4. The molecule has 7 heteroatoms. The molecule has 0 spiro atoms. The second kappa shape index (κ2) is 10.1. The number of carboxylic acids is 1. The minimum absolute atomic E-state index is 0.00980. The lowest BCUT2D eigenvalue weighted by Gasteiger charge is -2.20. The van der Waals surface area contributed by atoms with Gasteiger partial charge in [-0.3, -0.25) is 9.59 Å². The van der Waals surface area contributed by atoms with Gasteiger partial charge in [0.25, 0.3) is 0 Å². The second-order valence-electron chi connectivity index (χ2n) is 10.1. The summed E-state index contributed by atoms with van der Waals surface area (Å²) in [6.07, 6.45) is 3.77. The largest absolute Gasteiger partial charge is 0.481 e. The summed E-state index contributed by atoms with van der Waals surface area (Å²) >= 11 is 0. The number of fused-ring (bicyclic) bond motifs is 3. The van der Waals surface area contributed by atoms with Crippen LogP contribution in [0.15, 0.2) is 48.5 Å². The zero-order valence-corrected chi connectivity index (χ0v) is 19.7. The van der Waals surface area contributed by atoms with Crippen LogP contribution in [0.5, 0.6) is 0 Å². The van der Waals surface area contributed by atoms with Crippen molar-refractivity contribution in [2.75, 3.05) is 13.2 Å². The maximum atomic E-state index is 12.7. The molecular formula is C28H32N2O5. The number of benzene rings is 2. The van der Waals surface area contributed by atoms with Crippen molar-refractivity contribution in [1.29, 1.82) is 0 Å². The average Bonchev–Trinajstić information content (AvgIpc) is 3.76. The number of carbonyl (C=O) groups excluding carboxylic acids is 2. The molecule has 2 unspecified atom stereocenters. The molecule has 0 aliphatic heterocycles. The van der Waals surface area contributed by atoms with E-state index in [0.717, 1.165) is 36.8 Å². The minimum atomic E-state index is -0.830. The Kier molecular flexibility index (Phi) is 6.75. The molecule has 0 heterocycles. The van der Waals surface area contributed by atoms with Crippen molar-refractivity contribution in [3.8, 4) is 11.1 Å². The molecule has 0 bridgehead atoms. The first kappa shape index (κ1) is 23.4. The highest BCUT2D eigenvalue weighted by Gasteiger charge is 2.36. The lowest BCUT2D eigenvalue weighted by Crippen LogP contribution is -2.42. The predicted molar refractivity (Wildman–Crippen MR) is 131 cm³/mol. The van der Waals surface area contributed by atoms with Gasteiger partial charge in [0.1, 0.15) is 6.61 Å². The molecule has 0 aromatic heterocycles. The molecule has 5 rings (SSSR count). The van der Waals surface area contributed by atoms with Gasteiger partial charge in [-0.1, -0.05) is 48.5 Å². The van der Waals surface area contributed by atoms with Gasteiger partial charge in [-0.05, 0) is 65.7 Å². The second-order valence-corrected chi connectivity index (χ2v) is 10.1. The van der Waals surface area contributed by atoms with Crippen molar-refractivity contribution in [3.63, 3.8) is 0 Å². The molecular weight excluding hydrogens is 444 g/mol. The van der Waals surface area contributed by atoms with Crippen molar-refractivity contribution in [1.82, 2.24) is 10.6 Å². The highest BCUT2D eigenvalue weighted by molar-refractivity contribution is 5.79. The van der Waals surface area contributed by atoms with Gasteiger partial charge in [0, 0.05) is 24.9 Å². The van der Waals surface area contributed by atoms with Gasteiger partial charge in [-0.15, -0.1) is 0 Å². The fourth-order valence-electron chi connectivity index (χ4n) is 5.34. The summed E-state index contributed by atoms with van der Waals surface area (Å²) < 4.78 is 5.66. The molecule has 2 aromatic rings. The van der Waals surface area contributed by atoms with E-state index in [9.17, 15) is 14.4 Å². The summed E-state index contributed by atoms with van der Waals surface area (Å²) in [5, 5.41) is 14.9. The Morgan fingerprint density at radius 2 is 1.49 bits per heavy atom. The summed E-state index contributed by atoms with van der Waals surface area (Å²) in [6, 6.07) is 16.1. The number of alkyl carbamates (subject to hydrolysis) is 1. The Bertz CT molecular complexity index is 1060. The number of ether oxygens (including phenoxy) is 1. The van der Waals surface area contributed by atoms with Gasteiger partial charge in [0.2, 0.25) is 5.91 Å². The maximum absolute atomic E-state index is 12.7. The van der Waals surface area contributed by atoms with Gasteiger partial charge < -0.3 is 20.5 Å². The molecule has 2 saturated carbocycles. The van der Waals surface area contributed by atoms with E-state index in [0.29, 0.717) is 12.5 Å². The van der Waals surface area contributed by atoms with Gasteiger partial charge in [0.05, 0.1) is 6.42 Å². The summed E-state index contributed by atoms with van der Waals surface area (Å²) in [4.78, 5) is 36.4. The molecule has 3 aliphatic carbocycles. The number of nitrogens with one attached hydrogen (secondary N) is 2. The van der Waals surface area contributed by atoms with E-state index in [2.05, 4.69) is 34.9 Å². The number of carbonyl (C=O) groups is 3. The molecule has 0 radical (unpaired) electrons. The van der Waals surface area contributed by atoms with Crippen molar-refractivity contribution >= 4 is 18.0 Å². The Morgan fingerprint density at radius 3 is 2.06 bits per heavy atom. The number of rotatable bonds is 11. The topological polar surface area (TPSA) is 105 Å². The first-order valence-electron chi connectivity index (χ1n) is 12.6. The van der Waals surface area contributed by atoms with Crippen molar-refractivity contribution < 1.29 is 24.2 Å². The van der Waals surface area contributed by atoms with Crippen LogP contribution in [0.3, 0.4) is 0 Å². The summed E-state index contributed by atoms with van der Waals surface area (Å²) in [5.74, 6) is -0.347. The van der Waals surface area contributed by atoms with E-state index in [1.54, 1.807) is 0 Å². The fourth-order valence-corrected chi connectivity index (χ4v) is 5.34.